The Balaban J connectivity index is 2.71. The van der Waals surface area contributed by atoms with Crippen LogP contribution in [0.2, 0.25) is 0 Å². The average molecular weight is 267 g/mol. The van der Waals surface area contributed by atoms with E-state index in [9.17, 15) is 14.3 Å². The van der Waals surface area contributed by atoms with E-state index in [0.717, 1.165) is 0 Å². The Morgan fingerprint density at radius 3 is 2.79 bits per heavy atom. The normalized spacial score (nSPS) is 13.5. The SMILES string of the molecule is C=CCNC(=O)C(C)Oc1ccc([C@H](C)O)cc1F. The van der Waals surface area contributed by atoms with Crippen molar-refractivity contribution in [2.24, 2.45) is 0 Å². The predicted molar refractivity (Wildman–Crippen MR) is 70.3 cm³/mol. The van der Waals surface area contributed by atoms with Gasteiger partial charge >= 0.3 is 0 Å². The van der Waals surface area contributed by atoms with Gasteiger partial charge in [0.25, 0.3) is 5.91 Å². The fourth-order valence-corrected chi connectivity index (χ4v) is 1.43. The van der Waals surface area contributed by atoms with E-state index >= 15 is 0 Å². The van der Waals surface area contributed by atoms with Crippen LogP contribution in [0.25, 0.3) is 0 Å². The number of carbonyl (C=O) groups is 1. The maximum atomic E-state index is 13.7. The number of benzene rings is 1. The molecule has 0 aromatic heterocycles. The van der Waals surface area contributed by atoms with E-state index in [1.165, 1.54) is 19.1 Å². The molecule has 0 bridgehead atoms. The Labute approximate surface area is 111 Å². The fraction of sp³-hybridized carbons (Fsp3) is 0.357. The smallest absolute Gasteiger partial charge is 0.261 e. The standard InChI is InChI=1S/C14H18FNO3/c1-4-7-16-14(18)10(3)19-13-6-5-11(9(2)17)8-12(13)15/h4-6,8-10,17H,1,7H2,2-3H3,(H,16,18)/t9-,10?/m0/s1. The zero-order valence-electron chi connectivity index (χ0n) is 11.0. The van der Waals surface area contributed by atoms with Crippen LogP contribution < -0.4 is 10.1 Å². The number of hydrogen-bond acceptors (Lipinski definition) is 3. The number of hydrogen-bond donors (Lipinski definition) is 2. The van der Waals surface area contributed by atoms with E-state index < -0.39 is 18.0 Å². The summed E-state index contributed by atoms with van der Waals surface area (Å²) in [5.41, 5.74) is 0.452. The van der Waals surface area contributed by atoms with Crippen LogP contribution in [0.15, 0.2) is 30.9 Å². The summed E-state index contributed by atoms with van der Waals surface area (Å²) in [6.07, 6.45) is -0.0217. The van der Waals surface area contributed by atoms with Gasteiger partial charge in [-0.1, -0.05) is 12.1 Å². The molecule has 0 aliphatic rings. The molecule has 0 heterocycles. The minimum Gasteiger partial charge on any atom is -0.478 e. The second kappa shape index (κ2) is 6.89. The van der Waals surface area contributed by atoms with Gasteiger partial charge in [-0.05, 0) is 31.5 Å². The molecule has 1 aromatic carbocycles. The summed E-state index contributed by atoms with van der Waals surface area (Å²) in [6, 6.07) is 4.14. The zero-order valence-corrected chi connectivity index (χ0v) is 11.0. The van der Waals surface area contributed by atoms with E-state index in [2.05, 4.69) is 11.9 Å². The summed E-state index contributed by atoms with van der Waals surface area (Å²) in [6.45, 7) is 6.88. The first kappa shape index (κ1) is 15.2. The molecule has 2 N–H and O–H groups in total. The lowest BCUT2D eigenvalue weighted by Gasteiger charge is -2.15. The molecule has 0 saturated heterocycles. The third-order valence-corrected chi connectivity index (χ3v) is 2.53. The first-order valence-corrected chi connectivity index (χ1v) is 5.98. The van der Waals surface area contributed by atoms with Crippen molar-refractivity contribution in [3.05, 3.63) is 42.2 Å². The second-order valence-electron chi connectivity index (χ2n) is 4.16. The maximum Gasteiger partial charge on any atom is 0.261 e. The number of carbonyl (C=O) groups excluding carboxylic acids is 1. The van der Waals surface area contributed by atoms with Gasteiger partial charge in [0.1, 0.15) is 0 Å². The van der Waals surface area contributed by atoms with Crippen LogP contribution in [0, 0.1) is 5.82 Å². The molecule has 0 spiro atoms. The van der Waals surface area contributed by atoms with Crippen molar-refractivity contribution >= 4 is 5.91 Å². The van der Waals surface area contributed by atoms with Crippen LogP contribution in [0.4, 0.5) is 4.39 Å². The zero-order chi connectivity index (χ0) is 14.4. The van der Waals surface area contributed by atoms with E-state index in [0.29, 0.717) is 12.1 Å². The quantitative estimate of drug-likeness (QED) is 0.774. The molecule has 104 valence electrons. The lowest BCUT2D eigenvalue weighted by molar-refractivity contribution is -0.127. The summed E-state index contributed by atoms with van der Waals surface area (Å²) < 4.78 is 18.9. The Bertz CT molecular complexity index is 460. The summed E-state index contributed by atoms with van der Waals surface area (Å²) in [7, 11) is 0. The highest BCUT2D eigenvalue weighted by Gasteiger charge is 2.16. The lowest BCUT2D eigenvalue weighted by atomic mass is 10.1. The van der Waals surface area contributed by atoms with Crippen molar-refractivity contribution in [1.82, 2.24) is 5.32 Å². The van der Waals surface area contributed by atoms with Gasteiger partial charge in [-0.15, -0.1) is 6.58 Å². The fourth-order valence-electron chi connectivity index (χ4n) is 1.43. The Morgan fingerprint density at radius 1 is 1.58 bits per heavy atom. The van der Waals surface area contributed by atoms with Crippen molar-refractivity contribution in [2.45, 2.75) is 26.1 Å². The molecule has 5 heteroatoms. The predicted octanol–water partition coefficient (Wildman–Crippen LogP) is 1.95. The molecule has 0 radical (unpaired) electrons. The van der Waals surface area contributed by atoms with Gasteiger partial charge in [0.15, 0.2) is 17.7 Å². The number of ether oxygens (including phenoxy) is 1. The minimum absolute atomic E-state index is 0.0225. The number of rotatable bonds is 6. The summed E-state index contributed by atoms with van der Waals surface area (Å²) >= 11 is 0. The summed E-state index contributed by atoms with van der Waals surface area (Å²) in [4.78, 5) is 11.5. The minimum atomic E-state index is -0.813. The van der Waals surface area contributed by atoms with Gasteiger partial charge in [0.05, 0.1) is 6.10 Å². The van der Waals surface area contributed by atoms with Gasteiger partial charge in [0, 0.05) is 6.54 Å². The number of aliphatic hydroxyl groups is 1. The third-order valence-electron chi connectivity index (χ3n) is 2.53. The highest BCUT2D eigenvalue weighted by atomic mass is 19.1. The molecule has 0 aliphatic heterocycles. The Hall–Kier alpha value is -1.88. The molecule has 19 heavy (non-hydrogen) atoms. The van der Waals surface area contributed by atoms with E-state index in [4.69, 9.17) is 4.74 Å². The molecule has 4 nitrogen and oxygen atoms in total. The van der Waals surface area contributed by atoms with Crippen molar-refractivity contribution in [1.29, 1.82) is 0 Å². The van der Waals surface area contributed by atoms with Crippen LogP contribution in [-0.4, -0.2) is 23.7 Å². The van der Waals surface area contributed by atoms with Crippen LogP contribution in [0.1, 0.15) is 25.5 Å². The van der Waals surface area contributed by atoms with Gasteiger partial charge < -0.3 is 15.2 Å². The monoisotopic (exact) mass is 267 g/mol. The summed E-state index contributed by atoms with van der Waals surface area (Å²) in [5, 5.41) is 11.9. The maximum absolute atomic E-state index is 13.7. The molecule has 2 atom stereocenters. The molecule has 1 rings (SSSR count). The van der Waals surface area contributed by atoms with Crippen LogP contribution >= 0.6 is 0 Å². The first-order chi connectivity index (χ1) is 8.95. The summed E-state index contributed by atoms with van der Waals surface area (Å²) in [5.74, 6) is -0.980. The van der Waals surface area contributed by atoms with Crippen molar-refractivity contribution in [3.63, 3.8) is 0 Å². The average Bonchev–Trinajstić information content (AvgIpc) is 2.37. The number of amides is 1. The van der Waals surface area contributed by atoms with Crippen molar-refractivity contribution < 1.29 is 19.0 Å². The van der Waals surface area contributed by atoms with E-state index in [1.807, 2.05) is 0 Å². The number of halogens is 1. The molecule has 1 amide bonds. The third kappa shape index (κ3) is 4.37. The van der Waals surface area contributed by atoms with Crippen molar-refractivity contribution in [3.8, 4) is 5.75 Å². The van der Waals surface area contributed by atoms with E-state index in [1.54, 1.807) is 19.1 Å². The molecular weight excluding hydrogens is 249 g/mol. The van der Waals surface area contributed by atoms with Gasteiger partial charge in [-0.2, -0.15) is 0 Å². The second-order valence-corrected chi connectivity index (χ2v) is 4.16. The number of aliphatic hydroxyl groups excluding tert-OH is 1. The van der Waals surface area contributed by atoms with Gasteiger partial charge in [0.2, 0.25) is 0 Å². The molecule has 0 saturated carbocycles. The van der Waals surface area contributed by atoms with Crippen LogP contribution in [0.5, 0.6) is 5.75 Å². The Kier molecular flexibility index (Phi) is 5.51. The lowest BCUT2D eigenvalue weighted by Crippen LogP contribution is -2.36. The highest BCUT2D eigenvalue weighted by Crippen LogP contribution is 2.22. The topological polar surface area (TPSA) is 58.6 Å². The first-order valence-electron chi connectivity index (χ1n) is 5.98. The van der Waals surface area contributed by atoms with Crippen LogP contribution in [-0.2, 0) is 4.79 Å². The molecule has 0 fully saturated rings. The molecule has 1 aromatic rings. The van der Waals surface area contributed by atoms with Crippen LogP contribution in [0.3, 0.4) is 0 Å². The van der Waals surface area contributed by atoms with Crippen molar-refractivity contribution in [2.75, 3.05) is 6.54 Å². The Morgan fingerprint density at radius 2 is 2.26 bits per heavy atom. The van der Waals surface area contributed by atoms with Gasteiger partial charge in [-0.3, -0.25) is 4.79 Å². The molecule has 0 aliphatic carbocycles. The molecular formula is C14H18FNO3. The highest BCUT2D eigenvalue weighted by molar-refractivity contribution is 5.80. The number of nitrogens with one attached hydrogen (secondary N) is 1. The van der Waals surface area contributed by atoms with E-state index in [-0.39, 0.29) is 11.7 Å². The largest absolute Gasteiger partial charge is 0.478 e. The molecule has 1 unspecified atom stereocenters. The van der Waals surface area contributed by atoms with Gasteiger partial charge in [-0.25, -0.2) is 4.39 Å².